The fraction of sp³-hybridized carbons (Fsp3) is 0.105. The van der Waals surface area contributed by atoms with Crippen LogP contribution in [0.1, 0.15) is 5.56 Å². The molecule has 0 aliphatic rings. The van der Waals surface area contributed by atoms with E-state index in [-0.39, 0.29) is 11.4 Å². The molecule has 0 aliphatic carbocycles. The smallest absolute Gasteiger partial charge is 0.262 e. The highest BCUT2D eigenvalue weighted by Crippen LogP contribution is 2.22. The number of hydrogen-bond acceptors (Lipinski definition) is 5. The number of rotatable bonds is 4. The number of anilines is 3. The molecule has 0 spiro atoms. The number of nitrogens with two attached hydrogens (primary N) is 1. The largest absolute Gasteiger partial charge is 0.383 e. The van der Waals surface area contributed by atoms with Gasteiger partial charge in [0.05, 0.1) is 11.9 Å². The van der Waals surface area contributed by atoms with Crippen molar-refractivity contribution < 1.29 is 0 Å². The molecule has 4 aromatic rings. The van der Waals surface area contributed by atoms with Gasteiger partial charge in [0.2, 0.25) is 0 Å². The van der Waals surface area contributed by atoms with Crippen LogP contribution in [0.5, 0.6) is 0 Å². The summed E-state index contributed by atoms with van der Waals surface area (Å²) in [5, 5.41) is 8.52. The molecule has 0 aliphatic heterocycles. The first-order valence-corrected chi connectivity index (χ1v) is 8.20. The molecule has 0 atom stereocenters. The van der Waals surface area contributed by atoms with E-state index in [1.807, 2.05) is 55.7 Å². The molecule has 3 N–H and O–H groups in total. The maximum atomic E-state index is 12.8. The lowest BCUT2D eigenvalue weighted by Gasteiger charge is -2.10. The second kappa shape index (κ2) is 6.36. The third kappa shape index (κ3) is 3.02. The summed E-state index contributed by atoms with van der Waals surface area (Å²) in [5.41, 5.74) is 6.99. The molecule has 7 nitrogen and oxygen atoms in total. The van der Waals surface area contributed by atoms with Gasteiger partial charge in [0.15, 0.2) is 5.82 Å². The zero-order chi connectivity index (χ0) is 18.1. The topological polar surface area (TPSA) is 90.8 Å². The summed E-state index contributed by atoms with van der Waals surface area (Å²) >= 11 is 0. The zero-order valence-corrected chi connectivity index (χ0v) is 14.3. The molecule has 0 saturated carbocycles. The van der Waals surface area contributed by atoms with E-state index in [2.05, 4.69) is 15.4 Å². The van der Waals surface area contributed by atoms with Gasteiger partial charge in [-0.15, -0.1) is 0 Å². The Bertz CT molecular complexity index is 1130. The number of aromatic nitrogens is 4. The van der Waals surface area contributed by atoms with Crippen LogP contribution in [0.4, 0.5) is 17.5 Å². The summed E-state index contributed by atoms with van der Waals surface area (Å²) in [6.07, 6.45) is 3.61. The Kier molecular flexibility index (Phi) is 3.89. The van der Waals surface area contributed by atoms with E-state index in [1.54, 1.807) is 21.5 Å². The van der Waals surface area contributed by atoms with Crippen LogP contribution >= 0.6 is 0 Å². The van der Waals surface area contributed by atoms with Gasteiger partial charge in [-0.3, -0.25) is 9.48 Å². The van der Waals surface area contributed by atoms with Crippen molar-refractivity contribution in [3.8, 4) is 0 Å². The molecule has 0 unspecified atom stereocenters. The minimum atomic E-state index is -0.152. The van der Waals surface area contributed by atoms with Crippen molar-refractivity contribution in [3.63, 3.8) is 0 Å². The first-order valence-electron chi connectivity index (χ1n) is 8.20. The van der Waals surface area contributed by atoms with Gasteiger partial charge in [0.25, 0.3) is 5.56 Å². The lowest BCUT2D eigenvalue weighted by molar-refractivity contribution is 0.768. The summed E-state index contributed by atoms with van der Waals surface area (Å²) < 4.78 is 3.33. The molecule has 7 heteroatoms. The number of benzene rings is 1. The molecule has 0 radical (unpaired) electrons. The molecule has 3 heterocycles. The maximum Gasteiger partial charge on any atom is 0.262 e. The molecule has 0 saturated heterocycles. The van der Waals surface area contributed by atoms with Gasteiger partial charge < -0.3 is 15.6 Å². The number of fused-ring (bicyclic) bond motifs is 1. The van der Waals surface area contributed by atoms with Gasteiger partial charge in [-0.05, 0) is 23.1 Å². The first-order chi connectivity index (χ1) is 12.6. The van der Waals surface area contributed by atoms with Crippen LogP contribution in [0.25, 0.3) is 10.8 Å². The number of nitrogens with one attached hydrogen (secondary N) is 1. The molecule has 3 aromatic heterocycles. The minimum absolute atomic E-state index is 0.152. The quantitative estimate of drug-likeness (QED) is 0.592. The highest BCUT2D eigenvalue weighted by molar-refractivity contribution is 5.92. The summed E-state index contributed by atoms with van der Waals surface area (Å²) in [4.78, 5) is 17.2. The predicted octanol–water partition coefficient (Wildman–Crippen LogP) is 2.50. The van der Waals surface area contributed by atoms with Crippen LogP contribution in [0, 0.1) is 0 Å². The molecule has 0 amide bonds. The summed E-state index contributed by atoms with van der Waals surface area (Å²) in [6.45, 7) is 0.489. The van der Waals surface area contributed by atoms with Crippen molar-refractivity contribution in [2.24, 2.45) is 7.05 Å². The molecule has 1 aromatic carbocycles. The second-order valence-electron chi connectivity index (χ2n) is 6.09. The lowest BCUT2D eigenvalue weighted by atomic mass is 10.2. The molecule has 0 bridgehead atoms. The van der Waals surface area contributed by atoms with E-state index in [1.165, 1.54) is 0 Å². The fourth-order valence-electron chi connectivity index (χ4n) is 2.91. The van der Waals surface area contributed by atoms with E-state index in [0.29, 0.717) is 23.6 Å². The average Bonchev–Trinajstić information content (AvgIpc) is 3.03. The van der Waals surface area contributed by atoms with Gasteiger partial charge in [0, 0.05) is 25.5 Å². The van der Waals surface area contributed by atoms with Crippen molar-refractivity contribution in [1.29, 1.82) is 0 Å². The SMILES string of the molecule is Cn1ccc(Nc2cc3ccn(Cc4ccccc4)c(=O)c3c(N)n2)n1. The third-order valence-electron chi connectivity index (χ3n) is 4.15. The summed E-state index contributed by atoms with van der Waals surface area (Å²) in [6, 6.07) is 15.3. The Morgan fingerprint density at radius 1 is 1.08 bits per heavy atom. The van der Waals surface area contributed by atoms with E-state index < -0.39 is 0 Å². The average molecular weight is 346 g/mol. The highest BCUT2D eigenvalue weighted by atomic mass is 16.1. The van der Waals surface area contributed by atoms with Crippen molar-refractivity contribution >= 4 is 28.2 Å². The van der Waals surface area contributed by atoms with Crippen molar-refractivity contribution in [2.75, 3.05) is 11.1 Å². The van der Waals surface area contributed by atoms with Crippen LogP contribution < -0.4 is 16.6 Å². The van der Waals surface area contributed by atoms with E-state index in [9.17, 15) is 4.79 Å². The summed E-state index contributed by atoms with van der Waals surface area (Å²) in [5.74, 6) is 1.42. The second-order valence-corrected chi connectivity index (χ2v) is 6.09. The van der Waals surface area contributed by atoms with Crippen molar-refractivity contribution in [2.45, 2.75) is 6.54 Å². The Hall–Kier alpha value is -3.61. The zero-order valence-electron chi connectivity index (χ0n) is 14.3. The molecule has 0 fully saturated rings. The van der Waals surface area contributed by atoms with Crippen molar-refractivity contribution in [3.05, 3.63) is 76.8 Å². The van der Waals surface area contributed by atoms with Gasteiger partial charge in [-0.1, -0.05) is 30.3 Å². The number of pyridine rings is 2. The van der Waals surface area contributed by atoms with Crippen LogP contribution in [0.15, 0.2) is 65.7 Å². The van der Waals surface area contributed by atoms with Crippen molar-refractivity contribution in [1.82, 2.24) is 19.3 Å². The Balaban J connectivity index is 1.72. The van der Waals surface area contributed by atoms with Gasteiger partial charge in [0.1, 0.15) is 11.6 Å². The molecule has 26 heavy (non-hydrogen) atoms. The Labute approximate surface area is 149 Å². The van der Waals surface area contributed by atoms with Crippen LogP contribution in [-0.2, 0) is 13.6 Å². The van der Waals surface area contributed by atoms with E-state index >= 15 is 0 Å². The normalized spacial score (nSPS) is 11.0. The minimum Gasteiger partial charge on any atom is -0.383 e. The highest BCUT2D eigenvalue weighted by Gasteiger charge is 2.10. The molecular formula is C19H18N6O. The van der Waals surface area contributed by atoms with Gasteiger partial charge >= 0.3 is 0 Å². The lowest BCUT2D eigenvalue weighted by Crippen LogP contribution is -2.21. The maximum absolute atomic E-state index is 12.8. The molecule has 4 rings (SSSR count). The number of aryl methyl sites for hydroxylation is 1. The Morgan fingerprint density at radius 2 is 1.88 bits per heavy atom. The first kappa shape index (κ1) is 15.9. The monoisotopic (exact) mass is 346 g/mol. The van der Waals surface area contributed by atoms with Crippen LogP contribution in [0.2, 0.25) is 0 Å². The van der Waals surface area contributed by atoms with Gasteiger partial charge in [-0.2, -0.15) is 5.10 Å². The predicted molar refractivity (Wildman–Crippen MR) is 102 cm³/mol. The number of nitrogen functional groups attached to an aromatic ring is 1. The number of hydrogen-bond donors (Lipinski definition) is 2. The van der Waals surface area contributed by atoms with Crippen LogP contribution in [-0.4, -0.2) is 19.3 Å². The van der Waals surface area contributed by atoms with Crippen LogP contribution in [0.3, 0.4) is 0 Å². The standard InChI is InChI=1S/C19H18N6O/c1-24-9-8-15(23-24)21-16-11-14-7-10-25(12-13-5-3-2-4-6-13)19(26)17(14)18(20)22-16/h2-11H,12H2,1H3,(H3,20,21,22,23). The van der Waals surface area contributed by atoms with E-state index in [0.717, 1.165) is 10.9 Å². The Morgan fingerprint density at radius 3 is 2.62 bits per heavy atom. The summed E-state index contributed by atoms with van der Waals surface area (Å²) in [7, 11) is 1.84. The van der Waals surface area contributed by atoms with E-state index in [4.69, 9.17) is 5.73 Å². The van der Waals surface area contributed by atoms with Gasteiger partial charge in [-0.25, -0.2) is 4.98 Å². The molecular weight excluding hydrogens is 328 g/mol. The molecule has 130 valence electrons. The third-order valence-corrected chi connectivity index (χ3v) is 4.15. The fourth-order valence-corrected chi connectivity index (χ4v) is 2.91. The number of nitrogens with zero attached hydrogens (tertiary/aromatic N) is 4.